The van der Waals surface area contributed by atoms with Crippen LogP contribution in [0.4, 0.5) is 5.69 Å². The van der Waals surface area contributed by atoms with Crippen molar-refractivity contribution >= 4 is 11.5 Å². The van der Waals surface area contributed by atoms with E-state index >= 15 is 0 Å². The van der Waals surface area contributed by atoms with E-state index in [0.29, 0.717) is 17.7 Å². The first-order valence-electron chi connectivity index (χ1n) is 7.29. The van der Waals surface area contributed by atoms with Gasteiger partial charge in [0, 0.05) is 23.7 Å². The minimum atomic E-state index is -0.0138. The van der Waals surface area contributed by atoms with Gasteiger partial charge in [-0.2, -0.15) is 10.4 Å². The number of Topliss-reactive ketones (excluding diaryl/α,β-unsaturated/α-hetero) is 1. The predicted octanol–water partition coefficient (Wildman–Crippen LogP) is 2.09. The zero-order chi connectivity index (χ0) is 15.7. The van der Waals surface area contributed by atoms with Crippen LogP contribution in [0.5, 0.6) is 0 Å². The molecule has 1 atom stereocenters. The Balaban J connectivity index is 1.84. The summed E-state index contributed by atoms with van der Waals surface area (Å²) in [7, 11) is 0. The van der Waals surface area contributed by atoms with Crippen molar-refractivity contribution < 1.29 is 4.79 Å². The van der Waals surface area contributed by atoms with Crippen LogP contribution >= 0.6 is 0 Å². The largest absolute Gasteiger partial charge is 0.380 e. The van der Waals surface area contributed by atoms with E-state index in [1.165, 1.54) is 6.92 Å². The van der Waals surface area contributed by atoms with Crippen LogP contribution in [0.25, 0.3) is 0 Å². The van der Waals surface area contributed by atoms with Crippen molar-refractivity contribution in [2.75, 3.05) is 5.32 Å². The predicted molar refractivity (Wildman–Crippen MR) is 81.7 cm³/mol. The fourth-order valence-electron chi connectivity index (χ4n) is 2.81. The van der Waals surface area contributed by atoms with Crippen molar-refractivity contribution in [3.05, 3.63) is 41.0 Å². The van der Waals surface area contributed by atoms with Gasteiger partial charge in [0.15, 0.2) is 5.78 Å². The molecule has 0 radical (unpaired) electrons. The van der Waals surface area contributed by atoms with E-state index in [9.17, 15) is 4.79 Å². The monoisotopic (exact) mass is 295 g/mol. The average Bonchev–Trinajstić information content (AvgIpc) is 2.86. The van der Waals surface area contributed by atoms with Crippen LogP contribution in [-0.2, 0) is 13.0 Å². The molecular weight excluding hydrogens is 278 g/mol. The third-order valence-corrected chi connectivity index (χ3v) is 3.85. The molecule has 112 valence electrons. The van der Waals surface area contributed by atoms with Gasteiger partial charge >= 0.3 is 0 Å². The lowest BCUT2D eigenvalue weighted by Crippen LogP contribution is -2.32. The van der Waals surface area contributed by atoms with E-state index in [0.717, 1.165) is 30.2 Å². The van der Waals surface area contributed by atoms with Crippen LogP contribution in [0.1, 0.15) is 40.9 Å². The molecule has 2 heterocycles. The molecule has 1 aliphatic heterocycles. The second-order valence-corrected chi connectivity index (χ2v) is 5.57. The van der Waals surface area contributed by atoms with Gasteiger partial charge in [-0.3, -0.25) is 4.79 Å². The zero-order valence-corrected chi connectivity index (χ0v) is 12.6. The molecule has 0 spiro atoms. The Morgan fingerprint density at radius 1 is 1.50 bits per heavy atom. The second kappa shape index (κ2) is 5.60. The fraction of sp³-hybridized carbons (Fsp3) is 0.375. The number of anilines is 1. The van der Waals surface area contributed by atoms with E-state index in [1.807, 2.05) is 11.6 Å². The minimum absolute atomic E-state index is 0.0138. The number of carbonyl (C=O) groups excluding carboxylic acids is 1. The maximum Gasteiger partial charge on any atom is 0.161 e. The molecule has 0 amide bonds. The highest BCUT2D eigenvalue weighted by Crippen LogP contribution is 2.22. The maximum absolute atomic E-state index is 11.8. The number of aromatic nitrogens is 3. The van der Waals surface area contributed by atoms with Gasteiger partial charge in [0.1, 0.15) is 11.6 Å². The van der Waals surface area contributed by atoms with Crippen molar-refractivity contribution in [2.45, 2.75) is 39.3 Å². The summed E-state index contributed by atoms with van der Waals surface area (Å²) in [4.78, 5) is 16.2. The highest BCUT2D eigenvalue weighted by Gasteiger charge is 2.22. The van der Waals surface area contributed by atoms with Gasteiger partial charge in [0.2, 0.25) is 0 Å². The molecule has 0 bridgehead atoms. The fourth-order valence-corrected chi connectivity index (χ4v) is 2.81. The van der Waals surface area contributed by atoms with Crippen LogP contribution in [0.15, 0.2) is 18.2 Å². The normalized spacial score (nSPS) is 16.7. The lowest BCUT2D eigenvalue weighted by atomic mass is 10.0. The maximum atomic E-state index is 11.8. The van der Waals surface area contributed by atoms with E-state index in [-0.39, 0.29) is 11.8 Å². The summed E-state index contributed by atoms with van der Waals surface area (Å²) < 4.78 is 1.91. The number of hydrogen-bond acceptors (Lipinski definition) is 5. The Bertz CT molecular complexity index is 771. The molecular formula is C16H17N5O. The van der Waals surface area contributed by atoms with Crippen LogP contribution in [0.3, 0.4) is 0 Å². The summed E-state index contributed by atoms with van der Waals surface area (Å²) in [5.74, 6) is 1.78. The number of hydrogen-bond donors (Lipinski definition) is 1. The molecule has 1 aromatic carbocycles. The number of ketones is 1. The summed E-state index contributed by atoms with van der Waals surface area (Å²) >= 11 is 0. The molecule has 1 aromatic heterocycles. The molecule has 1 aliphatic rings. The van der Waals surface area contributed by atoms with Gasteiger partial charge in [-0.15, -0.1) is 0 Å². The summed E-state index contributed by atoms with van der Waals surface area (Å²) in [6.45, 7) is 4.13. The van der Waals surface area contributed by atoms with Crippen LogP contribution < -0.4 is 5.32 Å². The number of fused-ring (bicyclic) bond motifs is 1. The summed E-state index contributed by atoms with van der Waals surface area (Å²) in [5.41, 5.74) is 1.87. The molecule has 0 aliphatic carbocycles. The quantitative estimate of drug-likeness (QED) is 0.877. The lowest BCUT2D eigenvalue weighted by molar-refractivity contribution is 0.101. The molecule has 22 heavy (non-hydrogen) atoms. The van der Waals surface area contributed by atoms with E-state index in [2.05, 4.69) is 21.5 Å². The summed E-state index contributed by atoms with van der Waals surface area (Å²) in [6.07, 6.45) is 1.78. The standard InChI is InChI=1S/C16H17N5O/c1-10(22)14-5-3-12(8-17)7-15(14)19-13-4-6-16-18-11(2)20-21(16)9-13/h3,5,7,13,19H,4,6,9H2,1-2H3. The number of carbonyl (C=O) groups is 1. The van der Waals surface area contributed by atoms with Crippen molar-refractivity contribution in [1.82, 2.24) is 14.8 Å². The lowest BCUT2D eigenvalue weighted by Gasteiger charge is -2.25. The second-order valence-electron chi connectivity index (χ2n) is 5.57. The third kappa shape index (κ3) is 2.70. The van der Waals surface area contributed by atoms with E-state index < -0.39 is 0 Å². The Morgan fingerprint density at radius 3 is 3.05 bits per heavy atom. The number of rotatable bonds is 3. The van der Waals surface area contributed by atoms with Gasteiger partial charge in [-0.1, -0.05) is 0 Å². The Labute approximate surface area is 128 Å². The number of aryl methyl sites for hydroxylation is 2. The molecule has 0 fully saturated rings. The first kappa shape index (κ1) is 14.3. The van der Waals surface area contributed by atoms with Gasteiger partial charge in [-0.05, 0) is 38.5 Å². The zero-order valence-electron chi connectivity index (χ0n) is 12.6. The number of nitrogens with one attached hydrogen (secondary N) is 1. The molecule has 1 unspecified atom stereocenters. The van der Waals surface area contributed by atoms with Crippen molar-refractivity contribution in [3.8, 4) is 6.07 Å². The Hall–Kier alpha value is -2.68. The van der Waals surface area contributed by atoms with Gasteiger partial charge in [0.05, 0.1) is 18.2 Å². The number of nitrogens with zero attached hydrogens (tertiary/aromatic N) is 4. The minimum Gasteiger partial charge on any atom is -0.380 e. The van der Waals surface area contributed by atoms with Crippen molar-refractivity contribution in [3.63, 3.8) is 0 Å². The molecule has 6 nitrogen and oxygen atoms in total. The molecule has 2 aromatic rings. The Kier molecular flexibility index (Phi) is 3.63. The third-order valence-electron chi connectivity index (χ3n) is 3.85. The van der Waals surface area contributed by atoms with Gasteiger partial charge in [-0.25, -0.2) is 9.67 Å². The van der Waals surface area contributed by atoms with Crippen molar-refractivity contribution in [2.24, 2.45) is 0 Å². The van der Waals surface area contributed by atoms with E-state index in [4.69, 9.17) is 5.26 Å². The molecule has 6 heteroatoms. The number of nitriles is 1. The topological polar surface area (TPSA) is 83.6 Å². The van der Waals surface area contributed by atoms with Crippen LogP contribution in [0, 0.1) is 18.3 Å². The summed E-state index contributed by atoms with van der Waals surface area (Å²) in [5, 5.41) is 16.8. The SMILES string of the molecule is CC(=O)c1ccc(C#N)cc1NC1CCc2nc(C)nn2C1. The smallest absolute Gasteiger partial charge is 0.161 e. The van der Waals surface area contributed by atoms with E-state index in [1.54, 1.807) is 18.2 Å². The Morgan fingerprint density at radius 2 is 2.32 bits per heavy atom. The van der Waals surface area contributed by atoms with Crippen molar-refractivity contribution in [1.29, 1.82) is 5.26 Å². The highest BCUT2D eigenvalue weighted by molar-refractivity contribution is 5.99. The van der Waals surface area contributed by atoms with Gasteiger partial charge < -0.3 is 5.32 Å². The first-order valence-corrected chi connectivity index (χ1v) is 7.29. The molecule has 3 rings (SSSR count). The molecule has 0 saturated carbocycles. The number of benzene rings is 1. The highest BCUT2D eigenvalue weighted by atomic mass is 16.1. The molecule has 1 N–H and O–H groups in total. The molecule has 0 saturated heterocycles. The first-order chi connectivity index (χ1) is 10.6. The van der Waals surface area contributed by atoms with Gasteiger partial charge in [0.25, 0.3) is 0 Å². The average molecular weight is 295 g/mol. The van der Waals surface area contributed by atoms with Crippen LogP contribution in [0.2, 0.25) is 0 Å². The summed E-state index contributed by atoms with van der Waals surface area (Å²) in [6, 6.07) is 7.39. The van der Waals surface area contributed by atoms with Crippen LogP contribution in [-0.4, -0.2) is 26.6 Å².